The Morgan fingerprint density at radius 3 is 2.41 bits per heavy atom. The van der Waals surface area contributed by atoms with Gasteiger partial charge in [-0.15, -0.1) is 0 Å². The van der Waals surface area contributed by atoms with Gasteiger partial charge in [-0.1, -0.05) is 29.3 Å². The lowest BCUT2D eigenvalue weighted by atomic mass is 10.1. The third-order valence-corrected chi connectivity index (χ3v) is 4.28. The molecule has 0 bridgehead atoms. The van der Waals surface area contributed by atoms with Gasteiger partial charge in [0.2, 0.25) is 0 Å². The Hall–Kier alpha value is -1.95. The van der Waals surface area contributed by atoms with Crippen LogP contribution in [-0.2, 0) is 17.9 Å². The number of benzene rings is 2. The van der Waals surface area contributed by atoms with Crippen LogP contribution in [0.1, 0.15) is 31.9 Å². The number of carbonyl (C=O) groups excluding carboxylic acids is 1. The Morgan fingerprint density at radius 2 is 1.81 bits per heavy atom. The van der Waals surface area contributed by atoms with Crippen molar-refractivity contribution in [3.8, 4) is 11.5 Å². The van der Waals surface area contributed by atoms with Crippen molar-refractivity contribution in [2.24, 2.45) is 0 Å². The number of carbonyl (C=O) groups is 1. The summed E-state index contributed by atoms with van der Waals surface area (Å²) in [6.07, 6.45) is -0.447. The van der Waals surface area contributed by atoms with Crippen molar-refractivity contribution in [3.63, 3.8) is 0 Å². The molecule has 0 heterocycles. The van der Waals surface area contributed by atoms with Gasteiger partial charge in [-0.05, 0) is 50.6 Å². The summed E-state index contributed by atoms with van der Waals surface area (Å²) in [6.45, 7) is 5.56. The maximum absolute atomic E-state index is 12.3. The fraction of sp³-hybridized carbons (Fsp3) is 0.350. The summed E-state index contributed by atoms with van der Waals surface area (Å²) < 4.78 is 11.3. The molecule has 146 valence electrons. The second kappa shape index (κ2) is 8.83. The van der Waals surface area contributed by atoms with Crippen LogP contribution in [-0.4, -0.2) is 28.7 Å². The first-order valence-electron chi connectivity index (χ1n) is 8.39. The minimum atomic E-state index is -0.586. The lowest BCUT2D eigenvalue weighted by Gasteiger charge is -2.25. The van der Waals surface area contributed by atoms with E-state index in [0.717, 1.165) is 5.56 Å². The Morgan fingerprint density at radius 1 is 1.11 bits per heavy atom. The molecule has 0 fully saturated rings. The van der Waals surface area contributed by atoms with E-state index >= 15 is 0 Å². The van der Waals surface area contributed by atoms with E-state index in [2.05, 4.69) is 0 Å². The van der Waals surface area contributed by atoms with Crippen molar-refractivity contribution in [1.29, 1.82) is 0 Å². The Kier molecular flexibility index (Phi) is 6.98. The predicted molar refractivity (Wildman–Crippen MR) is 107 cm³/mol. The van der Waals surface area contributed by atoms with E-state index in [-0.39, 0.29) is 13.2 Å². The molecule has 0 atom stereocenters. The molecule has 0 aromatic heterocycles. The minimum absolute atomic E-state index is 0.115. The Labute approximate surface area is 169 Å². The fourth-order valence-electron chi connectivity index (χ4n) is 2.28. The maximum Gasteiger partial charge on any atom is 0.410 e. The molecular weight excluding hydrogens is 389 g/mol. The van der Waals surface area contributed by atoms with Gasteiger partial charge >= 0.3 is 6.09 Å². The normalized spacial score (nSPS) is 11.2. The highest BCUT2D eigenvalue weighted by Gasteiger charge is 2.21. The van der Waals surface area contributed by atoms with Crippen molar-refractivity contribution in [3.05, 3.63) is 57.6 Å². The summed E-state index contributed by atoms with van der Waals surface area (Å²) in [4.78, 5) is 13.7. The zero-order valence-corrected chi connectivity index (χ0v) is 17.3. The number of hydrogen-bond donors (Lipinski definition) is 1. The molecule has 0 saturated carbocycles. The molecule has 0 unspecified atom stereocenters. The molecule has 0 spiro atoms. The molecule has 0 aliphatic carbocycles. The summed E-state index contributed by atoms with van der Waals surface area (Å²) in [5.41, 5.74) is 0.850. The molecule has 5 nitrogen and oxygen atoms in total. The van der Waals surface area contributed by atoms with Crippen molar-refractivity contribution in [1.82, 2.24) is 4.90 Å². The molecule has 1 amide bonds. The maximum atomic E-state index is 12.3. The molecule has 1 N–H and O–H groups in total. The Balaban J connectivity index is 2.25. The predicted octanol–water partition coefficient (Wildman–Crippen LogP) is 5.64. The van der Waals surface area contributed by atoms with Crippen molar-refractivity contribution < 1.29 is 19.4 Å². The number of aliphatic hydroxyl groups excluding tert-OH is 1. The van der Waals surface area contributed by atoms with E-state index in [1.165, 1.54) is 4.90 Å². The molecule has 0 aliphatic heterocycles. The van der Waals surface area contributed by atoms with Crippen LogP contribution in [0.25, 0.3) is 0 Å². The van der Waals surface area contributed by atoms with E-state index in [1.807, 2.05) is 20.8 Å². The number of amides is 1. The molecule has 2 aromatic carbocycles. The molecule has 0 aliphatic rings. The molecule has 0 radical (unpaired) electrons. The van der Waals surface area contributed by atoms with E-state index in [9.17, 15) is 9.90 Å². The zero-order valence-electron chi connectivity index (χ0n) is 15.8. The second-order valence-corrected chi connectivity index (χ2v) is 7.93. The number of rotatable bonds is 5. The highest BCUT2D eigenvalue weighted by molar-refractivity contribution is 6.42. The van der Waals surface area contributed by atoms with E-state index in [1.54, 1.807) is 43.4 Å². The van der Waals surface area contributed by atoms with E-state index < -0.39 is 11.7 Å². The molecule has 7 heteroatoms. The van der Waals surface area contributed by atoms with Crippen LogP contribution in [0, 0.1) is 0 Å². The van der Waals surface area contributed by atoms with Gasteiger partial charge in [-0.2, -0.15) is 0 Å². The van der Waals surface area contributed by atoms with Gasteiger partial charge < -0.3 is 19.5 Å². The number of nitrogens with zero attached hydrogens (tertiary/aromatic N) is 1. The van der Waals surface area contributed by atoms with Crippen LogP contribution in [0.3, 0.4) is 0 Å². The van der Waals surface area contributed by atoms with Gasteiger partial charge in [-0.25, -0.2) is 4.79 Å². The largest absolute Gasteiger partial charge is 0.457 e. The third-order valence-electron chi connectivity index (χ3n) is 3.54. The van der Waals surface area contributed by atoms with Crippen LogP contribution in [0.4, 0.5) is 4.79 Å². The lowest BCUT2D eigenvalue weighted by Crippen LogP contribution is -2.33. The quantitative estimate of drug-likeness (QED) is 0.690. The van der Waals surface area contributed by atoms with Crippen LogP contribution in [0.15, 0.2) is 36.4 Å². The monoisotopic (exact) mass is 411 g/mol. The highest BCUT2D eigenvalue weighted by Crippen LogP contribution is 2.32. The van der Waals surface area contributed by atoms with Crippen molar-refractivity contribution >= 4 is 29.3 Å². The van der Waals surface area contributed by atoms with Crippen LogP contribution < -0.4 is 4.74 Å². The van der Waals surface area contributed by atoms with E-state index in [4.69, 9.17) is 32.7 Å². The van der Waals surface area contributed by atoms with Gasteiger partial charge in [0.1, 0.15) is 17.1 Å². The van der Waals surface area contributed by atoms with Gasteiger partial charge in [0.05, 0.1) is 23.2 Å². The highest BCUT2D eigenvalue weighted by atomic mass is 35.5. The fourth-order valence-corrected chi connectivity index (χ4v) is 2.57. The van der Waals surface area contributed by atoms with Crippen LogP contribution >= 0.6 is 23.2 Å². The first kappa shape index (κ1) is 21.4. The van der Waals surface area contributed by atoms with Crippen LogP contribution in [0.5, 0.6) is 11.5 Å². The van der Waals surface area contributed by atoms with Crippen LogP contribution in [0.2, 0.25) is 10.0 Å². The topological polar surface area (TPSA) is 59.0 Å². The van der Waals surface area contributed by atoms with Gasteiger partial charge in [0, 0.05) is 18.7 Å². The number of aliphatic hydroxyl groups is 1. The van der Waals surface area contributed by atoms with Crippen molar-refractivity contribution in [2.45, 2.75) is 39.5 Å². The van der Waals surface area contributed by atoms with Gasteiger partial charge in [0.15, 0.2) is 0 Å². The lowest BCUT2D eigenvalue weighted by molar-refractivity contribution is 0.0284. The Bertz CT molecular complexity index is 818. The minimum Gasteiger partial charge on any atom is -0.457 e. The second-order valence-electron chi connectivity index (χ2n) is 7.11. The van der Waals surface area contributed by atoms with Crippen molar-refractivity contribution in [2.75, 3.05) is 7.05 Å². The smallest absolute Gasteiger partial charge is 0.410 e. The molecule has 2 rings (SSSR count). The average molecular weight is 412 g/mol. The first-order valence-corrected chi connectivity index (χ1v) is 9.14. The molecule has 27 heavy (non-hydrogen) atoms. The van der Waals surface area contributed by atoms with Gasteiger partial charge in [-0.3, -0.25) is 0 Å². The molecule has 0 saturated heterocycles. The summed E-state index contributed by atoms with van der Waals surface area (Å²) >= 11 is 12.0. The summed E-state index contributed by atoms with van der Waals surface area (Å²) in [5, 5.41) is 10.2. The summed E-state index contributed by atoms with van der Waals surface area (Å²) in [5.74, 6) is 1.06. The SMILES string of the molecule is CN(Cc1cc(CO)ccc1Oc1ccc(Cl)c(Cl)c1)C(=O)OC(C)(C)C. The average Bonchev–Trinajstić information content (AvgIpc) is 2.58. The number of ether oxygens (including phenoxy) is 2. The summed E-state index contributed by atoms with van der Waals surface area (Å²) in [7, 11) is 1.64. The molecular formula is C20H23Cl2NO4. The number of halogens is 2. The molecule has 2 aromatic rings. The third kappa shape index (κ3) is 6.31. The van der Waals surface area contributed by atoms with Gasteiger partial charge in [0.25, 0.3) is 0 Å². The standard InChI is InChI=1S/C20H23Cl2NO4/c1-20(2,3)27-19(25)23(4)11-14-9-13(12-24)5-8-18(14)26-15-6-7-16(21)17(22)10-15/h5-10,24H,11-12H2,1-4H3. The first-order chi connectivity index (χ1) is 12.6. The zero-order chi connectivity index (χ0) is 20.2. The number of hydrogen-bond acceptors (Lipinski definition) is 4. The van der Waals surface area contributed by atoms with E-state index in [0.29, 0.717) is 27.1 Å². The summed E-state index contributed by atoms with van der Waals surface area (Å²) in [6, 6.07) is 10.2.